The summed E-state index contributed by atoms with van der Waals surface area (Å²) in [6.45, 7) is 3.58. The number of nitrogens with zero attached hydrogens (tertiary/aromatic N) is 1. The molecule has 3 aliphatic rings. The Balaban J connectivity index is 1.52. The molecular formula is C18H24N2O. The van der Waals surface area contributed by atoms with Crippen molar-refractivity contribution in [3.05, 3.63) is 34.9 Å². The van der Waals surface area contributed by atoms with Crippen LogP contribution in [0.2, 0.25) is 0 Å². The van der Waals surface area contributed by atoms with Crippen LogP contribution in [0.1, 0.15) is 48.8 Å². The maximum absolute atomic E-state index is 12.9. The van der Waals surface area contributed by atoms with Crippen LogP contribution < -0.4 is 5.73 Å². The van der Waals surface area contributed by atoms with Gasteiger partial charge >= 0.3 is 0 Å². The standard InChI is InChI=1S/C18H24N2O/c1-12-2-3-14-10-20(11-15(14)8-12)17(21)16(19)18-6-4-13(9-18)5-7-18/h2-3,8,13,16H,4-7,9-11,19H2,1H3. The maximum atomic E-state index is 12.9. The van der Waals surface area contributed by atoms with Crippen molar-refractivity contribution in [1.29, 1.82) is 0 Å². The van der Waals surface area contributed by atoms with Crippen molar-refractivity contribution in [2.75, 3.05) is 0 Å². The zero-order valence-electron chi connectivity index (χ0n) is 12.8. The highest BCUT2D eigenvalue weighted by atomic mass is 16.2. The third-order valence-corrected chi connectivity index (χ3v) is 6.12. The Labute approximate surface area is 126 Å². The van der Waals surface area contributed by atoms with Gasteiger partial charge in [0.1, 0.15) is 0 Å². The minimum atomic E-state index is -0.291. The molecule has 1 aliphatic heterocycles. The molecule has 1 unspecified atom stereocenters. The number of rotatable bonds is 2. The summed E-state index contributed by atoms with van der Waals surface area (Å²) in [5, 5.41) is 0. The summed E-state index contributed by atoms with van der Waals surface area (Å²) >= 11 is 0. The Morgan fingerprint density at radius 1 is 1.29 bits per heavy atom. The van der Waals surface area contributed by atoms with E-state index in [1.807, 2.05) is 4.90 Å². The first kappa shape index (κ1) is 13.3. The monoisotopic (exact) mass is 284 g/mol. The van der Waals surface area contributed by atoms with Crippen molar-refractivity contribution in [3.8, 4) is 0 Å². The number of nitrogens with two attached hydrogens (primary N) is 1. The molecule has 0 saturated heterocycles. The Morgan fingerprint density at radius 3 is 2.67 bits per heavy atom. The second-order valence-corrected chi connectivity index (χ2v) is 7.45. The average molecular weight is 284 g/mol. The van der Waals surface area contributed by atoms with Crippen LogP contribution in [-0.4, -0.2) is 16.8 Å². The van der Waals surface area contributed by atoms with E-state index in [0.717, 1.165) is 31.8 Å². The number of benzene rings is 1. The molecule has 112 valence electrons. The third-order valence-electron chi connectivity index (χ3n) is 6.12. The van der Waals surface area contributed by atoms with Crippen molar-refractivity contribution < 1.29 is 4.79 Å². The Kier molecular flexibility index (Phi) is 2.90. The molecule has 2 aliphatic carbocycles. The van der Waals surface area contributed by atoms with E-state index in [4.69, 9.17) is 5.73 Å². The van der Waals surface area contributed by atoms with Gasteiger partial charge in [0.2, 0.25) is 5.91 Å². The second-order valence-electron chi connectivity index (χ2n) is 7.45. The van der Waals surface area contributed by atoms with Gasteiger partial charge < -0.3 is 10.6 Å². The summed E-state index contributed by atoms with van der Waals surface area (Å²) in [5.74, 6) is 1.01. The van der Waals surface area contributed by atoms with E-state index in [1.54, 1.807) is 0 Å². The number of carbonyl (C=O) groups is 1. The number of amides is 1. The van der Waals surface area contributed by atoms with Gasteiger partial charge in [-0.25, -0.2) is 0 Å². The summed E-state index contributed by atoms with van der Waals surface area (Å²) in [7, 11) is 0. The molecule has 0 radical (unpaired) electrons. The van der Waals surface area contributed by atoms with Gasteiger partial charge in [0.25, 0.3) is 0 Å². The molecule has 0 aromatic heterocycles. The molecule has 2 fully saturated rings. The molecule has 21 heavy (non-hydrogen) atoms. The highest BCUT2D eigenvalue weighted by Gasteiger charge is 2.51. The van der Waals surface area contributed by atoms with Gasteiger partial charge in [0, 0.05) is 13.1 Å². The highest BCUT2D eigenvalue weighted by molar-refractivity contribution is 5.83. The number of aryl methyl sites for hydroxylation is 1. The first-order valence-electron chi connectivity index (χ1n) is 8.20. The zero-order chi connectivity index (χ0) is 14.6. The topological polar surface area (TPSA) is 46.3 Å². The lowest BCUT2D eigenvalue weighted by Crippen LogP contribution is -2.50. The van der Waals surface area contributed by atoms with E-state index in [0.29, 0.717) is 0 Å². The highest BCUT2D eigenvalue weighted by Crippen LogP contribution is 2.55. The van der Waals surface area contributed by atoms with Crippen LogP contribution in [0.4, 0.5) is 0 Å². The first-order chi connectivity index (χ1) is 10.1. The van der Waals surface area contributed by atoms with Crippen LogP contribution in [0.3, 0.4) is 0 Å². The van der Waals surface area contributed by atoms with Crippen molar-refractivity contribution in [3.63, 3.8) is 0 Å². The van der Waals surface area contributed by atoms with Gasteiger partial charge in [0.05, 0.1) is 6.04 Å². The molecule has 1 aromatic rings. The van der Waals surface area contributed by atoms with Crippen molar-refractivity contribution in [2.45, 2.75) is 58.2 Å². The lowest BCUT2D eigenvalue weighted by Gasteiger charge is -2.34. The lowest BCUT2D eigenvalue weighted by molar-refractivity contribution is -0.136. The average Bonchev–Trinajstić information content (AvgIpc) is 3.19. The first-order valence-corrected chi connectivity index (χ1v) is 8.20. The lowest BCUT2D eigenvalue weighted by atomic mass is 9.77. The normalized spacial score (nSPS) is 31.5. The fourth-order valence-electron chi connectivity index (χ4n) is 4.81. The van der Waals surface area contributed by atoms with Gasteiger partial charge in [0.15, 0.2) is 0 Å². The number of hydrogen-bond acceptors (Lipinski definition) is 2. The summed E-state index contributed by atoms with van der Waals surface area (Å²) < 4.78 is 0. The molecule has 2 bridgehead atoms. The summed E-state index contributed by atoms with van der Waals surface area (Å²) in [5.41, 5.74) is 10.4. The summed E-state index contributed by atoms with van der Waals surface area (Å²) in [4.78, 5) is 14.8. The number of carbonyl (C=O) groups excluding carboxylic acids is 1. The van der Waals surface area contributed by atoms with Crippen LogP contribution in [-0.2, 0) is 17.9 Å². The van der Waals surface area contributed by atoms with E-state index in [1.165, 1.54) is 36.0 Å². The van der Waals surface area contributed by atoms with Gasteiger partial charge in [-0.1, -0.05) is 23.8 Å². The SMILES string of the molecule is Cc1ccc2c(c1)CN(C(=O)C(N)C13CCC(CC1)C3)C2. The van der Waals surface area contributed by atoms with Crippen LogP contribution in [0.15, 0.2) is 18.2 Å². The molecular weight excluding hydrogens is 260 g/mol. The van der Waals surface area contributed by atoms with Crippen LogP contribution in [0.5, 0.6) is 0 Å². The smallest absolute Gasteiger partial charge is 0.240 e. The Hall–Kier alpha value is -1.35. The minimum absolute atomic E-state index is 0.118. The van der Waals surface area contributed by atoms with Crippen molar-refractivity contribution in [1.82, 2.24) is 4.90 Å². The summed E-state index contributed by atoms with van der Waals surface area (Å²) in [6, 6.07) is 6.20. The molecule has 3 nitrogen and oxygen atoms in total. The van der Waals surface area contributed by atoms with E-state index in [2.05, 4.69) is 25.1 Å². The maximum Gasteiger partial charge on any atom is 0.240 e. The second kappa shape index (κ2) is 4.57. The van der Waals surface area contributed by atoms with E-state index in [9.17, 15) is 4.79 Å². The fourth-order valence-corrected chi connectivity index (χ4v) is 4.81. The zero-order valence-corrected chi connectivity index (χ0v) is 12.8. The quantitative estimate of drug-likeness (QED) is 0.907. The van der Waals surface area contributed by atoms with E-state index in [-0.39, 0.29) is 17.4 Å². The third kappa shape index (κ3) is 2.02. The molecule has 2 N–H and O–H groups in total. The van der Waals surface area contributed by atoms with E-state index < -0.39 is 0 Å². The molecule has 0 spiro atoms. The van der Waals surface area contributed by atoms with Crippen molar-refractivity contribution >= 4 is 5.91 Å². The van der Waals surface area contributed by atoms with E-state index >= 15 is 0 Å². The van der Waals surface area contributed by atoms with Crippen LogP contribution in [0, 0.1) is 18.3 Å². The Morgan fingerprint density at radius 2 is 2.00 bits per heavy atom. The van der Waals surface area contributed by atoms with Gasteiger partial charge in [-0.3, -0.25) is 4.79 Å². The molecule has 1 atom stereocenters. The molecule has 3 heteroatoms. The largest absolute Gasteiger partial charge is 0.333 e. The van der Waals surface area contributed by atoms with Crippen LogP contribution in [0.25, 0.3) is 0 Å². The Bertz CT molecular complexity index is 587. The van der Waals surface area contributed by atoms with Gasteiger partial charge in [-0.2, -0.15) is 0 Å². The van der Waals surface area contributed by atoms with Gasteiger partial charge in [-0.05, 0) is 61.5 Å². The molecule has 1 aromatic carbocycles. The number of hydrogen-bond donors (Lipinski definition) is 1. The van der Waals surface area contributed by atoms with Crippen molar-refractivity contribution in [2.24, 2.45) is 17.1 Å². The predicted octanol–water partition coefficient (Wildman–Crippen LogP) is 2.74. The molecule has 4 rings (SSSR count). The van der Waals surface area contributed by atoms with Gasteiger partial charge in [-0.15, -0.1) is 0 Å². The fraction of sp³-hybridized carbons (Fsp3) is 0.611. The minimum Gasteiger partial charge on any atom is -0.333 e. The molecule has 1 amide bonds. The van der Waals surface area contributed by atoms with Crippen LogP contribution >= 0.6 is 0 Å². The molecule has 2 saturated carbocycles. The number of fused-ring (bicyclic) bond motifs is 3. The summed E-state index contributed by atoms with van der Waals surface area (Å²) in [6.07, 6.45) is 6.05. The molecule has 1 heterocycles. The predicted molar refractivity (Wildman–Crippen MR) is 82.4 cm³/mol.